The average molecular weight is 401 g/mol. The van der Waals surface area contributed by atoms with E-state index < -0.39 is 0 Å². The number of epoxide rings is 1. The first-order valence-corrected chi connectivity index (χ1v) is 12.2. The fourth-order valence-corrected chi connectivity index (χ4v) is 3.67. The molecule has 29 heavy (non-hydrogen) atoms. The van der Waals surface area contributed by atoms with Crippen molar-refractivity contribution in [2.45, 2.75) is 109 Å². The highest BCUT2D eigenvalue weighted by Gasteiger charge is 2.40. The number of para-hydroxylation sites is 1. The molecule has 164 valence electrons. The van der Waals surface area contributed by atoms with E-state index in [-0.39, 0.29) is 5.60 Å². The normalized spacial score (nSPS) is 18.4. The molecule has 1 atom stereocenters. The van der Waals surface area contributed by atoms with Gasteiger partial charge in [0.15, 0.2) is 0 Å². The minimum absolute atomic E-state index is 0.0475. The molecule has 0 aromatic heterocycles. The van der Waals surface area contributed by atoms with Gasteiger partial charge < -0.3 is 9.47 Å². The van der Waals surface area contributed by atoms with Gasteiger partial charge in [0.2, 0.25) is 0 Å². The molecule has 1 saturated heterocycles. The molecule has 0 bridgehead atoms. The Morgan fingerprint density at radius 3 is 2.10 bits per heavy atom. The number of hydrogen-bond acceptors (Lipinski definition) is 2. The Hall–Kier alpha value is -1.28. The van der Waals surface area contributed by atoms with Gasteiger partial charge in [0.05, 0.1) is 6.61 Å². The van der Waals surface area contributed by atoms with Crippen LogP contribution in [0, 0.1) is 0 Å². The number of unbranched alkanes of at least 4 members (excludes halogenated alkanes) is 11. The topological polar surface area (TPSA) is 21.8 Å². The number of aryl methyl sites for hydroxylation is 1. The quantitative estimate of drug-likeness (QED) is 0.141. The summed E-state index contributed by atoms with van der Waals surface area (Å²) in [4.78, 5) is 0. The zero-order valence-electron chi connectivity index (χ0n) is 19.1. The molecule has 0 saturated carbocycles. The Balaban J connectivity index is 1.43. The van der Waals surface area contributed by atoms with Crippen LogP contribution in [0.25, 0.3) is 0 Å². The standard InChI is InChI=1S/C27H44O2/c1-3-4-5-6-7-8-9-10-11-12-13-14-15-16-17-20-25-21-18-19-22-26(25)28-23-27(2)24-29-27/h12-13,18-19,21-22H,3-11,14-17,20,23-24H2,1-2H3/b13-12+. The van der Waals surface area contributed by atoms with Crippen LogP contribution in [-0.4, -0.2) is 18.8 Å². The summed E-state index contributed by atoms with van der Waals surface area (Å²) in [5, 5.41) is 0. The number of hydrogen-bond donors (Lipinski definition) is 0. The molecule has 0 radical (unpaired) electrons. The lowest BCUT2D eigenvalue weighted by Gasteiger charge is -2.13. The summed E-state index contributed by atoms with van der Waals surface area (Å²) in [5.74, 6) is 1.04. The minimum Gasteiger partial charge on any atom is -0.490 e. The van der Waals surface area contributed by atoms with Crippen molar-refractivity contribution in [3.8, 4) is 5.75 Å². The van der Waals surface area contributed by atoms with Gasteiger partial charge in [-0.05, 0) is 57.1 Å². The first-order valence-electron chi connectivity index (χ1n) is 12.2. The van der Waals surface area contributed by atoms with Gasteiger partial charge >= 0.3 is 0 Å². The van der Waals surface area contributed by atoms with Gasteiger partial charge in [0.25, 0.3) is 0 Å². The zero-order chi connectivity index (χ0) is 20.6. The predicted molar refractivity (Wildman–Crippen MR) is 125 cm³/mol. The van der Waals surface area contributed by atoms with Crippen molar-refractivity contribution >= 4 is 0 Å². The molecular formula is C27H44O2. The van der Waals surface area contributed by atoms with E-state index in [9.17, 15) is 0 Å². The van der Waals surface area contributed by atoms with Crippen LogP contribution in [-0.2, 0) is 11.2 Å². The van der Waals surface area contributed by atoms with Crippen molar-refractivity contribution in [2.24, 2.45) is 0 Å². The van der Waals surface area contributed by atoms with Crippen molar-refractivity contribution in [3.05, 3.63) is 42.0 Å². The summed E-state index contributed by atoms with van der Waals surface area (Å²) >= 11 is 0. The maximum Gasteiger partial charge on any atom is 0.123 e. The molecule has 1 aliphatic heterocycles. The Labute approximate surface area is 180 Å². The first kappa shape index (κ1) is 24.0. The lowest BCUT2D eigenvalue weighted by molar-refractivity contribution is 0.201. The van der Waals surface area contributed by atoms with Crippen LogP contribution in [0.1, 0.15) is 103 Å². The van der Waals surface area contributed by atoms with Crippen LogP contribution >= 0.6 is 0 Å². The van der Waals surface area contributed by atoms with Gasteiger partial charge in [-0.15, -0.1) is 0 Å². The molecule has 2 rings (SSSR count). The summed E-state index contributed by atoms with van der Waals surface area (Å²) in [6.45, 7) is 5.88. The third-order valence-corrected chi connectivity index (χ3v) is 5.85. The summed E-state index contributed by atoms with van der Waals surface area (Å²) in [6, 6.07) is 8.47. The van der Waals surface area contributed by atoms with E-state index in [0.717, 1.165) is 18.8 Å². The van der Waals surface area contributed by atoms with Crippen molar-refractivity contribution in [1.82, 2.24) is 0 Å². The molecule has 1 heterocycles. The Morgan fingerprint density at radius 1 is 0.862 bits per heavy atom. The summed E-state index contributed by atoms with van der Waals surface area (Å²) in [5.41, 5.74) is 1.29. The van der Waals surface area contributed by atoms with E-state index in [1.807, 2.05) is 0 Å². The van der Waals surface area contributed by atoms with Crippen molar-refractivity contribution in [3.63, 3.8) is 0 Å². The second kappa shape index (κ2) is 14.7. The monoisotopic (exact) mass is 400 g/mol. The van der Waals surface area contributed by atoms with Crippen molar-refractivity contribution < 1.29 is 9.47 Å². The molecule has 1 aromatic carbocycles. The summed E-state index contributed by atoms with van der Waals surface area (Å²) in [7, 11) is 0. The molecule has 1 aromatic rings. The molecule has 1 aliphatic rings. The van der Waals surface area contributed by atoms with Crippen LogP contribution in [0.5, 0.6) is 5.75 Å². The summed E-state index contributed by atoms with van der Waals surface area (Å²) in [6.07, 6.45) is 23.5. The number of rotatable bonds is 18. The zero-order valence-corrected chi connectivity index (χ0v) is 19.1. The molecule has 0 amide bonds. The van der Waals surface area contributed by atoms with Gasteiger partial charge in [-0.25, -0.2) is 0 Å². The number of ether oxygens (including phenoxy) is 2. The molecule has 0 N–H and O–H groups in total. The van der Waals surface area contributed by atoms with E-state index in [1.54, 1.807) is 0 Å². The predicted octanol–water partition coefficient (Wildman–Crippen LogP) is 8.04. The van der Waals surface area contributed by atoms with Gasteiger partial charge in [-0.2, -0.15) is 0 Å². The van der Waals surface area contributed by atoms with Crippen LogP contribution < -0.4 is 4.74 Å². The highest BCUT2D eigenvalue weighted by molar-refractivity contribution is 5.33. The maximum atomic E-state index is 6.00. The molecule has 2 heteroatoms. The molecule has 2 nitrogen and oxygen atoms in total. The minimum atomic E-state index is -0.0475. The highest BCUT2D eigenvalue weighted by atomic mass is 16.6. The maximum absolute atomic E-state index is 6.00. The van der Waals surface area contributed by atoms with Gasteiger partial charge in [-0.1, -0.05) is 88.6 Å². The lowest BCUT2D eigenvalue weighted by atomic mass is 10.0. The third-order valence-electron chi connectivity index (χ3n) is 5.85. The fourth-order valence-electron chi connectivity index (χ4n) is 3.67. The van der Waals surface area contributed by atoms with Crippen LogP contribution in [0.4, 0.5) is 0 Å². The van der Waals surface area contributed by atoms with Crippen LogP contribution in [0.3, 0.4) is 0 Å². The van der Waals surface area contributed by atoms with Gasteiger partial charge in [0, 0.05) is 0 Å². The Morgan fingerprint density at radius 2 is 1.45 bits per heavy atom. The highest BCUT2D eigenvalue weighted by Crippen LogP contribution is 2.28. The van der Waals surface area contributed by atoms with E-state index in [1.165, 1.54) is 89.0 Å². The van der Waals surface area contributed by atoms with E-state index >= 15 is 0 Å². The average Bonchev–Trinajstić information content (AvgIpc) is 3.47. The largest absolute Gasteiger partial charge is 0.490 e. The molecule has 1 fully saturated rings. The SMILES string of the molecule is CCCCCCCCCC/C=C/CCCCCc1ccccc1OCC1(C)CO1. The van der Waals surface area contributed by atoms with Crippen LogP contribution in [0.15, 0.2) is 36.4 Å². The lowest BCUT2D eigenvalue weighted by Crippen LogP contribution is -2.17. The first-order chi connectivity index (χ1) is 14.2. The van der Waals surface area contributed by atoms with E-state index in [0.29, 0.717) is 6.61 Å². The molecule has 0 spiro atoms. The second-order valence-electron chi connectivity index (χ2n) is 8.97. The molecule has 1 unspecified atom stereocenters. The molecule has 0 aliphatic carbocycles. The Bertz CT molecular complexity index is 559. The Kier molecular flexibility index (Phi) is 12.1. The van der Waals surface area contributed by atoms with Gasteiger partial charge in [-0.3, -0.25) is 0 Å². The van der Waals surface area contributed by atoms with Gasteiger partial charge in [0.1, 0.15) is 18.0 Å². The van der Waals surface area contributed by atoms with Crippen molar-refractivity contribution in [2.75, 3.05) is 13.2 Å². The second-order valence-corrected chi connectivity index (χ2v) is 8.97. The number of benzene rings is 1. The smallest absolute Gasteiger partial charge is 0.123 e. The summed E-state index contributed by atoms with van der Waals surface area (Å²) < 4.78 is 11.4. The third kappa shape index (κ3) is 11.5. The van der Waals surface area contributed by atoms with Crippen LogP contribution in [0.2, 0.25) is 0 Å². The molecular weight excluding hydrogens is 356 g/mol. The number of allylic oxidation sites excluding steroid dienone is 2. The van der Waals surface area contributed by atoms with Crippen molar-refractivity contribution in [1.29, 1.82) is 0 Å². The van der Waals surface area contributed by atoms with E-state index in [4.69, 9.17) is 9.47 Å². The van der Waals surface area contributed by atoms with E-state index in [2.05, 4.69) is 50.3 Å². The fraction of sp³-hybridized carbons (Fsp3) is 0.704.